The maximum absolute atomic E-state index is 6.40. The minimum Gasteiger partial charge on any atom is -0.455 e. The van der Waals surface area contributed by atoms with E-state index in [1.165, 1.54) is 21.9 Å². The molecule has 4 heteroatoms. The zero-order valence-electron chi connectivity index (χ0n) is 24.2. The maximum Gasteiger partial charge on any atom is 0.167 e. The summed E-state index contributed by atoms with van der Waals surface area (Å²) in [5.74, 6) is 1.81. The first kappa shape index (κ1) is 25.4. The van der Waals surface area contributed by atoms with E-state index in [0.29, 0.717) is 17.5 Å². The first-order valence-corrected chi connectivity index (χ1v) is 15.0. The molecule has 0 aliphatic carbocycles. The van der Waals surface area contributed by atoms with Crippen molar-refractivity contribution in [3.63, 3.8) is 0 Å². The number of hydrogen-bond acceptors (Lipinski definition) is 4. The molecule has 0 unspecified atom stereocenters. The van der Waals surface area contributed by atoms with Crippen molar-refractivity contribution in [2.24, 2.45) is 0 Å². The van der Waals surface area contributed by atoms with E-state index in [0.717, 1.165) is 49.4 Å². The zero-order chi connectivity index (χ0) is 29.7. The number of rotatable bonds is 4. The van der Waals surface area contributed by atoms with Crippen molar-refractivity contribution in [2.75, 3.05) is 0 Å². The van der Waals surface area contributed by atoms with Gasteiger partial charge in [0.1, 0.15) is 11.2 Å². The normalized spacial score (nSPS) is 11.6. The summed E-state index contributed by atoms with van der Waals surface area (Å²) in [7, 11) is 0. The minimum atomic E-state index is 0.575. The van der Waals surface area contributed by atoms with Gasteiger partial charge in [0.05, 0.1) is 5.56 Å². The van der Waals surface area contributed by atoms with Crippen LogP contribution in [0.4, 0.5) is 0 Å². The Morgan fingerprint density at radius 1 is 0.333 bits per heavy atom. The Bertz CT molecular complexity index is 2540. The molecule has 2 aromatic heterocycles. The summed E-state index contributed by atoms with van der Waals surface area (Å²) in [5.41, 5.74) is 6.70. The van der Waals surface area contributed by atoms with Gasteiger partial charge in [-0.15, -0.1) is 0 Å². The summed E-state index contributed by atoms with van der Waals surface area (Å²) in [4.78, 5) is 15.2. The molecule has 9 aromatic rings. The smallest absolute Gasteiger partial charge is 0.167 e. The Morgan fingerprint density at radius 3 is 1.67 bits per heavy atom. The minimum absolute atomic E-state index is 0.575. The first-order chi connectivity index (χ1) is 22.3. The van der Waals surface area contributed by atoms with Gasteiger partial charge in [0, 0.05) is 21.9 Å². The van der Waals surface area contributed by atoms with Crippen LogP contribution in [0.5, 0.6) is 0 Å². The number of para-hydroxylation sites is 2. The fraction of sp³-hybridized carbons (Fsp3) is 0. The fourth-order valence-electron chi connectivity index (χ4n) is 6.46. The van der Waals surface area contributed by atoms with E-state index in [-0.39, 0.29) is 0 Å². The molecule has 0 amide bonds. The van der Waals surface area contributed by atoms with Crippen LogP contribution in [0, 0.1) is 0 Å². The molecule has 4 nitrogen and oxygen atoms in total. The number of fused-ring (bicyclic) bond motifs is 5. The highest BCUT2D eigenvalue weighted by molar-refractivity contribution is 6.10. The molecule has 7 aromatic carbocycles. The van der Waals surface area contributed by atoms with Crippen molar-refractivity contribution >= 4 is 43.5 Å². The van der Waals surface area contributed by atoms with E-state index in [9.17, 15) is 0 Å². The van der Waals surface area contributed by atoms with Crippen molar-refractivity contribution in [3.8, 4) is 45.3 Å². The molecular weight excluding hydrogens is 550 g/mol. The predicted molar refractivity (Wildman–Crippen MR) is 184 cm³/mol. The third kappa shape index (κ3) is 4.19. The number of hydrogen-bond donors (Lipinski definition) is 0. The zero-order valence-corrected chi connectivity index (χ0v) is 24.2. The Morgan fingerprint density at radius 2 is 0.844 bits per heavy atom. The molecule has 0 aliphatic heterocycles. The molecule has 45 heavy (non-hydrogen) atoms. The summed E-state index contributed by atoms with van der Waals surface area (Å²) in [6, 6.07) is 52.2. The highest BCUT2D eigenvalue weighted by Crippen LogP contribution is 2.39. The van der Waals surface area contributed by atoms with Gasteiger partial charge in [-0.3, -0.25) is 0 Å². The second kappa shape index (κ2) is 10.2. The molecule has 0 fully saturated rings. The lowest BCUT2D eigenvalue weighted by Crippen LogP contribution is -2.00. The summed E-state index contributed by atoms with van der Waals surface area (Å²) in [6.07, 6.45) is 0. The molecule has 210 valence electrons. The SMILES string of the molecule is c1ccc(-c2nc(-c3cccc4c(-c5cccc6ccccc56)cccc34)nc(-c3cccc4c3oc3ccccc34)n2)cc1. The lowest BCUT2D eigenvalue weighted by Gasteiger charge is -2.13. The van der Waals surface area contributed by atoms with Gasteiger partial charge in [0.2, 0.25) is 0 Å². The molecule has 0 atom stereocenters. The van der Waals surface area contributed by atoms with Gasteiger partial charge in [-0.25, -0.2) is 15.0 Å². The average molecular weight is 576 g/mol. The van der Waals surface area contributed by atoms with E-state index in [4.69, 9.17) is 19.4 Å². The fourth-order valence-corrected chi connectivity index (χ4v) is 6.46. The Hall–Kier alpha value is -6.13. The van der Waals surface area contributed by atoms with Gasteiger partial charge in [-0.05, 0) is 44.8 Å². The lowest BCUT2D eigenvalue weighted by atomic mass is 9.92. The molecule has 0 aliphatic rings. The van der Waals surface area contributed by atoms with Crippen LogP contribution in [0.15, 0.2) is 156 Å². The highest BCUT2D eigenvalue weighted by atomic mass is 16.3. The number of furan rings is 1. The summed E-state index contributed by atoms with van der Waals surface area (Å²) >= 11 is 0. The average Bonchev–Trinajstić information content (AvgIpc) is 3.50. The third-order valence-electron chi connectivity index (χ3n) is 8.56. The molecule has 0 saturated carbocycles. The van der Waals surface area contributed by atoms with Crippen molar-refractivity contribution in [1.29, 1.82) is 0 Å². The molecule has 0 radical (unpaired) electrons. The van der Waals surface area contributed by atoms with Crippen LogP contribution in [0.25, 0.3) is 88.8 Å². The Balaban J connectivity index is 1.30. The molecule has 0 N–H and O–H groups in total. The van der Waals surface area contributed by atoms with Crippen molar-refractivity contribution in [2.45, 2.75) is 0 Å². The molecule has 2 heterocycles. The third-order valence-corrected chi connectivity index (χ3v) is 8.56. The quantitative estimate of drug-likeness (QED) is 0.209. The van der Waals surface area contributed by atoms with Crippen LogP contribution in [-0.2, 0) is 0 Å². The van der Waals surface area contributed by atoms with Gasteiger partial charge >= 0.3 is 0 Å². The number of benzene rings is 7. The van der Waals surface area contributed by atoms with E-state index < -0.39 is 0 Å². The van der Waals surface area contributed by atoms with Gasteiger partial charge in [0.15, 0.2) is 17.5 Å². The number of aromatic nitrogens is 3. The van der Waals surface area contributed by atoms with Crippen LogP contribution in [0.1, 0.15) is 0 Å². The molecule has 0 saturated heterocycles. The molecule has 9 rings (SSSR count). The van der Waals surface area contributed by atoms with Crippen LogP contribution in [0.2, 0.25) is 0 Å². The molecule has 0 spiro atoms. The van der Waals surface area contributed by atoms with Gasteiger partial charge in [-0.2, -0.15) is 0 Å². The van der Waals surface area contributed by atoms with Crippen molar-refractivity contribution in [1.82, 2.24) is 15.0 Å². The molecular formula is C41H25N3O. The largest absolute Gasteiger partial charge is 0.455 e. The summed E-state index contributed by atoms with van der Waals surface area (Å²) in [6.45, 7) is 0. The van der Waals surface area contributed by atoms with Crippen LogP contribution < -0.4 is 0 Å². The predicted octanol–water partition coefficient (Wildman–Crippen LogP) is 10.7. The number of nitrogens with zero attached hydrogens (tertiary/aromatic N) is 3. The monoisotopic (exact) mass is 575 g/mol. The first-order valence-electron chi connectivity index (χ1n) is 15.0. The Kier molecular flexibility index (Phi) is 5.78. The second-order valence-corrected chi connectivity index (χ2v) is 11.2. The van der Waals surface area contributed by atoms with Gasteiger partial charge in [-0.1, -0.05) is 140 Å². The Labute approximate surface area is 259 Å². The van der Waals surface area contributed by atoms with Crippen molar-refractivity contribution in [3.05, 3.63) is 152 Å². The maximum atomic E-state index is 6.40. The van der Waals surface area contributed by atoms with E-state index >= 15 is 0 Å². The van der Waals surface area contributed by atoms with E-state index in [2.05, 4.69) is 91.0 Å². The van der Waals surface area contributed by atoms with Crippen molar-refractivity contribution < 1.29 is 4.42 Å². The van der Waals surface area contributed by atoms with E-state index in [1.54, 1.807) is 0 Å². The highest BCUT2D eigenvalue weighted by Gasteiger charge is 2.19. The topological polar surface area (TPSA) is 51.8 Å². The standard InChI is InChI=1S/C41H25N3O/c1-2-13-27(14-3-1)39-42-40(44-41(43-39)36-24-11-22-34-33-17-6-7-25-37(33)45-38(34)36)35-23-10-20-31-30(19-9-21-32(31)35)29-18-8-15-26-12-4-5-16-28(26)29/h1-25H. The van der Waals surface area contributed by atoms with Crippen LogP contribution >= 0.6 is 0 Å². The van der Waals surface area contributed by atoms with E-state index in [1.807, 2.05) is 60.7 Å². The second-order valence-electron chi connectivity index (χ2n) is 11.2. The van der Waals surface area contributed by atoms with Gasteiger partial charge < -0.3 is 4.42 Å². The lowest BCUT2D eigenvalue weighted by molar-refractivity contribution is 0.669. The van der Waals surface area contributed by atoms with Crippen LogP contribution in [0.3, 0.4) is 0 Å². The summed E-state index contributed by atoms with van der Waals surface area (Å²) < 4.78 is 6.40. The summed E-state index contributed by atoms with van der Waals surface area (Å²) in [5, 5.41) is 6.79. The molecule has 0 bridgehead atoms. The van der Waals surface area contributed by atoms with Crippen LogP contribution in [-0.4, -0.2) is 15.0 Å². The van der Waals surface area contributed by atoms with Gasteiger partial charge in [0.25, 0.3) is 0 Å².